The molecule has 16 heteroatoms. The van der Waals surface area contributed by atoms with Crippen molar-refractivity contribution in [2.45, 2.75) is 92.6 Å². The molecule has 0 bridgehead atoms. The molecule has 3 fully saturated rings. The zero-order valence-electron chi connectivity index (χ0n) is 24.2. The van der Waals surface area contributed by atoms with E-state index in [0.29, 0.717) is 24.6 Å². The molecule has 0 radical (unpaired) electrons. The molecular weight excluding hydrogens is 554 g/mol. The quantitative estimate of drug-likeness (QED) is 0.0994. The van der Waals surface area contributed by atoms with Crippen LogP contribution >= 0.6 is 0 Å². The molecule has 3 heterocycles. The summed E-state index contributed by atoms with van der Waals surface area (Å²) in [5.74, 6) is 0.482. The van der Waals surface area contributed by atoms with E-state index in [4.69, 9.17) is 36.1 Å². The Morgan fingerprint density at radius 1 is 1.19 bits per heavy atom. The highest BCUT2D eigenvalue weighted by Crippen LogP contribution is 2.32. The minimum absolute atomic E-state index is 0.0764. The van der Waals surface area contributed by atoms with Crippen molar-refractivity contribution in [3.05, 3.63) is 11.8 Å². The van der Waals surface area contributed by atoms with Gasteiger partial charge in [-0.3, -0.25) is 4.79 Å². The highest BCUT2D eigenvalue weighted by molar-refractivity contribution is 5.81. The number of aliphatic hydroxyl groups excluding tert-OH is 3. The van der Waals surface area contributed by atoms with E-state index in [2.05, 4.69) is 21.3 Å². The van der Waals surface area contributed by atoms with Crippen LogP contribution in [0.3, 0.4) is 0 Å². The molecule has 42 heavy (non-hydrogen) atoms. The Balaban J connectivity index is 1.46. The maximum absolute atomic E-state index is 12.5. The first-order valence-corrected chi connectivity index (χ1v) is 14.6. The van der Waals surface area contributed by atoms with Gasteiger partial charge in [0.25, 0.3) is 0 Å². The molecule has 4 aliphatic rings. The van der Waals surface area contributed by atoms with Crippen LogP contribution < -0.4 is 38.5 Å². The summed E-state index contributed by atoms with van der Waals surface area (Å²) in [5, 5.41) is 55.2. The molecule has 14 N–H and O–H groups in total. The van der Waals surface area contributed by atoms with Crippen molar-refractivity contribution in [3.63, 3.8) is 0 Å². The van der Waals surface area contributed by atoms with Gasteiger partial charge in [0.1, 0.15) is 41.9 Å². The second-order valence-corrected chi connectivity index (χ2v) is 12.0. The van der Waals surface area contributed by atoms with Crippen molar-refractivity contribution in [2.75, 3.05) is 46.4 Å². The molecule has 1 amide bonds. The van der Waals surface area contributed by atoms with Gasteiger partial charge in [-0.1, -0.05) is 0 Å². The lowest BCUT2D eigenvalue weighted by Crippen LogP contribution is -2.69. The van der Waals surface area contributed by atoms with Crippen LogP contribution in [-0.4, -0.2) is 146 Å². The molecule has 242 valence electrons. The predicted octanol–water partition coefficient (Wildman–Crippen LogP) is -5.52. The van der Waals surface area contributed by atoms with Crippen molar-refractivity contribution in [1.82, 2.24) is 21.3 Å². The van der Waals surface area contributed by atoms with Crippen LogP contribution in [0, 0.1) is 5.92 Å². The Kier molecular flexibility index (Phi) is 11.5. The van der Waals surface area contributed by atoms with E-state index in [1.54, 1.807) is 7.05 Å². The zero-order chi connectivity index (χ0) is 30.6. The van der Waals surface area contributed by atoms with Gasteiger partial charge in [-0.2, -0.15) is 0 Å². The van der Waals surface area contributed by atoms with E-state index in [1.165, 1.54) is 6.92 Å². The molecular formula is C26H49N7O9. The molecule has 0 aromatic rings. The van der Waals surface area contributed by atoms with Gasteiger partial charge in [0.05, 0.1) is 31.3 Å². The van der Waals surface area contributed by atoms with Gasteiger partial charge in [0.15, 0.2) is 6.29 Å². The summed E-state index contributed by atoms with van der Waals surface area (Å²) in [6.07, 6.45) is -6.20. The van der Waals surface area contributed by atoms with E-state index in [9.17, 15) is 25.2 Å². The van der Waals surface area contributed by atoms with E-state index >= 15 is 0 Å². The molecule has 4 rings (SSSR count). The highest BCUT2D eigenvalue weighted by Gasteiger charge is 2.51. The van der Waals surface area contributed by atoms with Crippen molar-refractivity contribution in [3.8, 4) is 0 Å². The summed E-state index contributed by atoms with van der Waals surface area (Å²) >= 11 is 0. The van der Waals surface area contributed by atoms with Crippen LogP contribution in [-0.2, 0) is 23.7 Å². The minimum Gasteiger partial charge on any atom is -0.467 e. The highest BCUT2D eigenvalue weighted by atomic mass is 16.7. The average molecular weight is 604 g/mol. The molecule has 0 aromatic carbocycles. The van der Waals surface area contributed by atoms with Crippen molar-refractivity contribution in [2.24, 2.45) is 23.1 Å². The Morgan fingerprint density at radius 2 is 1.90 bits per heavy atom. The number of likely N-dealkylation sites (N-methyl/N-ethyl adjacent to an activating group) is 1. The number of carbonyl (C=O) groups is 1. The summed E-state index contributed by atoms with van der Waals surface area (Å²) in [4.78, 5) is 12.5. The third-order valence-electron chi connectivity index (χ3n) is 8.43. The second-order valence-electron chi connectivity index (χ2n) is 12.0. The van der Waals surface area contributed by atoms with Crippen molar-refractivity contribution >= 4 is 5.91 Å². The number of nitrogens with one attached hydrogen (secondary N) is 4. The topological polar surface area (TPSA) is 261 Å². The maximum atomic E-state index is 12.5. The summed E-state index contributed by atoms with van der Waals surface area (Å²) in [6, 6.07) is -3.04. The van der Waals surface area contributed by atoms with Gasteiger partial charge < -0.3 is 77.8 Å². The van der Waals surface area contributed by atoms with Gasteiger partial charge in [0.2, 0.25) is 12.2 Å². The average Bonchev–Trinajstić information content (AvgIpc) is 2.92. The number of hydrogen-bond donors (Lipinski definition) is 11. The van der Waals surface area contributed by atoms with Crippen LogP contribution in [0.25, 0.3) is 0 Å². The lowest BCUT2D eigenvalue weighted by atomic mass is 9.83. The summed E-state index contributed by atoms with van der Waals surface area (Å²) in [5.41, 5.74) is 16.8. The standard InChI is InChI=1S/C26H49N7O9/c1-26(38)11-39-25(19(36)22(26)30-2)42-21-16(33-23(37)17(34)6-27)5-15(29)20(18(21)35)41-24-14(28)4-3-13(40-24)10-32-9-12-7-31-8-12/h3,12,14-22,24-25,30-32,34-36,38H,4-11,27-29H2,1-2H3,(H,33,37)/t14-,15+,16-,17+,18+,19-,20-,21+,22-,24-,25-,26+/m1/s1. The molecule has 16 nitrogen and oxygen atoms in total. The molecule has 1 saturated carbocycles. The summed E-state index contributed by atoms with van der Waals surface area (Å²) in [7, 11) is 1.58. The van der Waals surface area contributed by atoms with Crippen LogP contribution in [0.4, 0.5) is 0 Å². The van der Waals surface area contributed by atoms with E-state index in [1.807, 2.05) is 6.08 Å². The molecule has 12 atom stereocenters. The number of ether oxygens (including phenoxy) is 4. The Labute approximate surface area is 245 Å². The number of aliphatic hydroxyl groups is 4. The zero-order valence-corrected chi connectivity index (χ0v) is 24.2. The van der Waals surface area contributed by atoms with Gasteiger partial charge in [-0.05, 0) is 38.8 Å². The molecule has 2 saturated heterocycles. The first-order chi connectivity index (χ1) is 19.9. The van der Waals surface area contributed by atoms with Gasteiger partial charge in [0, 0.05) is 32.2 Å². The third kappa shape index (κ3) is 7.76. The van der Waals surface area contributed by atoms with Crippen LogP contribution in [0.1, 0.15) is 19.8 Å². The summed E-state index contributed by atoms with van der Waals surface area (Å²) in [6.45, 7) is 4.34. The van der Waals surface area contributed by atoms with E-state index in [-0.39, 0.29) is 19.6 Å². The monoisotopic (exact) mass is 603 g/mol. The normalized spacial score (nSPS) is 41.8. The molecule has 0 unspecified atom stereocenters. The van der Waals surface area contributed by atoms with Crippen molar-refractivity contribution < 1.29 is 44.2 Å². The largest absolute Gasteiger partial charge is 0.467 e. The first-order valence-electron chi connectivity index (χ1n) is 14.6. The number of amides is 1. The van der Waals surface area contributed by atoms with Gasteiger partial charge in [-0.15, -0.1) is 0 Å². The molecule has 1 aliphatic carbocycles. The Morgan fingerprint density at radius 3 is 2.55 bits per heavy atom. The smallest absolute Gasteiger partial charge is 0.250 e. The fraction of sp³-hybridized carbons (Fsp3) is 0.885. The van der Waals surface area contributed by atoms with Crippen LogP contribution in [0.2, 0.25) is 0 Å². The summed E-state index contributed by atoms with van der Waals surface area (Å²) < 4.78 is 23.9. The van der Waals surface area contributed by atoms with Gasteiger partial charge in [-0.25, -0.2) is 0 Å². The number of hydrogen-bond acceptors (Lipinski definition) is 15. The van der Waals surface area contributed by atoms with Crippen molar-refractivity contribution in [1.29, 1.82) is 0 Å². The third-order valence-corrected chi connectivity index (χ3v) is 8.43. The predicted molar refractivity (Wildman–Crippen MR) is 149 cm³/mol. The number of rotatable bonds is 12. The second kappa shape index (κ2) is 14.5. The number of nitrogens with two attached hydrogens (primary N) is 3. The van der Waals surface area contributed by atoms with Crippen LogP contribution in [0.15, 0.2) is 11.8 Å². The number of carbonyl (C=O) groups excluding carboxylic acids is 1. The minimum atomic E-state index is -1.48. The van der Waals surface area contributed by atoms with E-state index < -0.39 is 78.8 Å². The molecule has 0 spiro atoms. The maximum Gasteiger partial charge on any atom is 0.250 e. The fourth-order valence-electron chi connectivity index (χ4n) is 5.80. The van der Waals surface area contributed by atoms with Gasteiger partial charge >= 0.3 is 0 Å². The molecule has 0 aromatic heterocycles. The first kappa shape index (κ1) is 33.4. The lowest BCUT2D eigenvalue weighted by molar-refractivity contribution is -0.304. The van der Waals surface area contributed by atoms with E-state index in [0.717, 1.165) is 19.6 Å². The SMILES string of the molecule is CN[C@@H]1[C@@H](O)[C@@H](O[C@@H]2[C@@H](O)[C@H](O[C@H]3OC(CNCC4CNC4)=CC[C@H]3N)[C@@H](N)C[C@H]2NC(=O)[C@@H](O)CN)OC[C@]1(C)O. The fourth-order valence-corrected chi connectivity index (χ4v) is 5.80. The Hall–Kier alpha value is -1.51. The Bertz CT molecular complexity index is 927. The van der Waals surface area contributed by atoms with Crippen LogP contribution in [0.5, 0.6) is 0 Å². The lowest BCUT2D eigenvalue weighted by Gasteiger charge is -2.48. The molecule has 3 aliphatic heterocycles.